The zero-order chi connectivity index (χ0) is 20.8. The third-order valence-electron chi connectivity index (χ3n) is 8.65. The molecule has 3 fully saturated rings. The Bertz CT molecular complexity index is 479. The van der Waals surface area contributed by atoms with Crippen LogP contribution in [0.4, 0.5) is 0 Å². The lowest BCUT2D eigenvalue weighted by Crippen LogP contribution is -2.43. The highest BCUT2D eigenvalue weighted by molar-refractivity contribution is 5.79. The summed E-state index contributed by atoms with van der Waals surface area (Å²) >= 11 is 0. The van der Waals surface area contributed by atoms with Crippen molar-refractivity contribution >= 4 is 5.91 Å². The molecule has 1 saturated carbocycles. The molecule has 3 nitrogen and oxygen atoms in total. The van der Waals surface area contributed by atoms with Crippen LogP contribution in [-0.4, -0.2) is 48.4 Å². The van der Waals surface area contributed by atoms with Crippen molar-refractivity contribution in [2.24, 2.45) is 35.5 Å². The average molecular weight is 405 g/mol. The van der Waals surface area contributed by atoms with Crippen molar-refractivity contribution in [3.05, 3.63) is 0 Å². The van der Waals surface area contributed by atoms with Crippen LogP contribution in [0.3, 0.4) is 0 Å². The van der Waals surface area contributed by atoms with Crippen LogP contribution in [0.5, 0.6) is 0 Å². The van der Waals surface area contributed by atoms with Crippen LogP contribution in [0.1, 0.15) is 91.9 Å². The summed E-state index contributed by atoms with van der Waals surface area (Å²) in [5.74, 6) is 5.10. The van der Waals surface area contributed by atoms with E-state index in [0.29, 0.717) is 11.8 Å². The van der Waals surface area contributed by atoms with Gasteiger partial charge in [-0.2, -0.15) is 0 Å². The molecule has 29 heavy (non-hydrogen) atoms. The van der Waals surface area contributed by atoms with Crippen molar-refractivity contribution in [1.82, 2.24) is 9.80 Å². The number of carbonyl (C=O) groups excluding carboxylic acids is 1. The Morgan fingerprint density at radius 1 is 0.759 bits per heavy atom. The molecule has 3 heteroatoms. The van der Waals surface area contributed by atoms with Crippen LogP contribution < -0.4 is 0 Å². The normalized spacial score (nSPS) is 28.4. The molecule has 3 rings (SSSR count). The Morgan fingerprint density at radius 2 is 1.31 bits per heavy atom. The molecule has 1 aliphatic carbocycles. The Hall–Kier alpha value is -0.570. The minimum Gasteiger partial charge on any atom is -0.342 e. The number of carbonyl (C=O) groups is 1. The number of nitrogens with zero attached hydrogens (tertiary/aromatic N) is 2. The van der Waals surface area contributed by atoms with E-state index in [4.69, 9.17) is 0 Å². The van der Waals surface area contributed by atoms with Crippen molar-refractivity contribution < 1.29 is 4.79 Å². The first kappa shape index (κ1) is 23.1. The summed E-state index contributed by atoms with van der Waals surface area (Å²) in [7, 11) is 0. The number of amides is 1. The zero-order valence-corrected chi connectivity index (χ0v) is 19.9. The molecule has 0 unspecified atom stereocenters. The molecule has 0 aromatic carbocycles. The highest BCUT2D eigenvalue weighted by Crippen LogP contribution is 2.35. The average Bonchev–Trinajstić information content (AvgIpc) is 2.74. The molecule has 0 spiro atoms. The predicted octanol–water partition coefficient (Wildman–Crippen LogP) is 5.84. The summed E-state index contributed by atoms with van der Waals surface area (Å²) in [6, 6.07) is 0. The first-order chi connectivity index (χ1) is 13.9. The second-order valence-corrected chi connectivity index (χ2v) is 11.2. The van der Waals surface area contributed by atoms with Crippen LogP contribution in [-0.2, 0) is 4.79 Å². The Morgan fingerprint density at radius 3 is 1.86 bits per heavy atom. The predicted molar refractivity (Wildman–Crippen MR) is 123 cm³/mol. The lowest BCUT2D eigenvalue weighted by molar-refractivity contribution is -0.138. The van der Waals surface area contributed by atoms with E-state index in [1.807, 2.05) is 0 Å². The van der Waals surface area contributed by atoms with E-state index in [9.17, 15) is 4.79 Å². The third kappa shape index (κ3) is 6.71. The molecule has 0 N–H and O–H groups in total. The molecule has 2 heterocycles. The smallest absolute Gasteiger partial charge is 0.225 e. The Balaban J connectivity index is 1.28. The number of rotatable bonds is 7. The highest BCUT2D eigenvalue weighted by Gasteiger charge is 2.32. The molecule has 0 bridgehead atoms. The monoisotopic (exact) mass is 404 g/mol. The van der Waals surface area contributed by atoms with Gasteiger partial charge in [0.25, 0.3) is 0 Å². The van der Waals surface area contributed by atoms with E-state index in [1.54, 1.807) is 0 Å². The van der Waals surface area contributed by atoms with Gasteiger partial charge in [-0.3, -0.25) is 4.79 Å². The summed E-state index contributed by atoms with van der Waals surface area (Å²) < 4.78 is 0. The standard InChI is InChI=1S/C26H48N2O/c1-20(2)23-7-9-25(10-8-23)26(29)28-18-11-22(12-19-28)6-5-15-27-16-13-24(14-17-27)21(3)4/h20-25H,5-19H2,1-4H3. The molecule has 0 aromatic heterocycles. The van der Waals surface area contributed by atoms with Crippen LogP contribution >= 0.6 is 0 Å². The summed E-state index contributed by atoms with van der Waals surface area (Å²) in [6.07, 6.45) is 12.8. The Labute approximate surface area is 181 Å². The van der Waals surface area contributed by atoms with Gasteiger partial charge in [-0.25, -0.2) is 0 Å². The summed E-state index contributed by atoms with van der Waals surface area (Å²) in [4.78, 5) is 17.9. The van der Waals surface area contributed by atoms with Gasteiger partial charge in [0.15, 0.2) is 0 Å². The van der Waals surface area contributed by atoms with Gasteiger partial charge < -0.3 is 9.80 Å². The van der Waals surface area contributed by atoms with Crippen molar-refractivity contribution in [2.75, 3.05) is 32.7 Å². The molecular formula is C26H48N2O. The van der Waals surface area contributed by atoms with Crippen molar-refractivity contribution in [1.29, 1.82) is 0 Å². The van der Waals surface area contributed by atoms with Gasteiger partial charge >= 0.3 is 0 Å². The van der Waals surface area contributed by atoms with E-state index < -0.39 is 0 Å². The fourth-order valence-electron chi connectivity index (χ4n) is 6.18. The summed E-state index contributed by atoms with van der Waals surface area (Å²) in [6.45, 7) is 15.4. The van der Waals surface area contributed by atoms with Gasteiger partial charge in [0.1, 0.15) is 0 Å². The van der Waals surface area contributed by atoms with Gasteiger partial charge in [0.2, 0.25) is 5.91 Å². The van der Waals surface area contributed by atoms with Gasteiger partial charge in [0.05, 0.1) is 0 Å². The van der Waals surface area contributed by atoms with E-state index in [1.165, 1.54) is 71.0 Å². The first-order valence-electron chi connectivity index (χ1n) is 12.9. The molecule has 2 saturated heterocycles. The molecule has 1 amide bonds. The maximum Gasteiger partial charge on any atom is 0.225 e. The maximum atomic E-state index is 13.0. The minimum absolute atomic E-state index is 0.329. The van der Waals surface area contributed by atoms with Crippen molar-refractivity contribution in [3.8, 4) is 0 Å². The van der Waals surface area contributed by atoms with Crippen LogP contribution in [0.15, 0.2) is 0 Å². The molecule has 2 aliphatic heterocycles. The molecule has 0 aromatic rings. The number of piperidine rings is 2. The van der Waals surface area contributed by atoms with Crippen LogP contribution in [0, 0.1) is 35.5 Å². The van der Waals surface area contributed by atoms with Crippen LogP contribution in [0.25, 0.3) is 0 Å². The molecule has 0 radical (unpaired) electrons. The van der Waals surface area contributed by atoms with Gasteiger partial charge in [-0.15, -0.1) is 0 Å². The third-order valence-corrected chi connectivity index (χ3v) is 8.65. The topological polar surface area (TPSA) is 23.6 Å². The zero-order valence-electron chi connectivity index (χ0n) is 19.9. The van der Waals surface area contributed by atoms with E-state index in [0.717, 1.165) is 55.5 Å². The SMILES string of the molecule is CC(C)C1CCC(C(=O)N2CCC(CCCN3CCC(C(C)C)CC3)CC2)CC1. The molecule has 0 atom stereocenters. The fraction of sp³-hybridized carbons (Fsp3) is 0.962. The Kier molecular flexibility index (Phi) is 8.89. The van der Waals surface area contributed by atoms with Gasteiger partial charge in [-0.05, 0) is 113 Å². The quantitative estimate of drug-likeness (QED) is 0.532. The van der Waals surface area contributed by atoms with E-state index >= 15 is 0 Å². The highest BCUT2D eigenvalue weighted by atomic mass is 16.2. The number of hydrogen-bond acceptors (Lipinski definition) is 2. The second kappa shape index (κ2) is 11.2. The van der Waals surface area contributed by atoms with E-state index in [-0.39, 0.29) is 0 Å². The summed E-state index contributed by atoms with van der Waals surface area (Å²) in [5.41, 5.74) is 0. The molecule has 168 valence electrons. The molecule has 3 aliphatic rings. The van der Waals surface area contributed by atoms with E-state index in [2.05, 4.69) is 37.5 Å². The fourth-order valence-corrected chi connectivity index (χ4v) is 6.18. The number of hydrogen-bond donors (Lipinski definition) is 0. The largest absolute Gasteiger partial charge is 0.342 e. The maximum absolute atomic E-state index is 13.0. The first-order valence-corrected chi connectivity index (χ1v) is 12.9. The second-order valence-electron chi connectivity index (χ2n) is 11.2. The van der Waals surface area contributed by atoms with Crippen molar-refractivity contribution in [2.45, 2.75) is 91.9 Å². The van der Waals surface area contributed by atoms with Crippen LogP contribution in [0.2, 0.25) is 0 Å². The lowest BCUT2D eigenvalue weighted by Gasteiger charge is -2.37. The lowest BCUT2D eigenvalue weighted by atomic mass is 9.76. The summed E-state index contributed by atoms with van der Waals surface area (Å²) in [5, 5.41) is 0. The van der Waals surface area contributed by atoms with Gasteiger partial charge in [0, 0.05) is 19.0 Å². The molecular weight excluding hydrogens is 356 g/mol. The van der Waals surface area contributed by atoms with Gasteiger partial charge in [-0.1, -0.05) is 27.7 Å². The minimum atomic E-state index is 0.329. The van der Waals surface area contributed by atoms with Crippen molar-refractivity contribution in [3.63, 3.8) is 0 Å². The number of likely N-dealkylation sites (tertiary alicyclic amines) is 2.